The van der Waals surface area contributed by atoms with Crippen LogP contribution in [0.5, 0.6) is 0 Å². The molecule has 4 heterocycles. The second-order valence-corrected chi connectivity index (χ2v) is 13.3. The number of hydrogen-bond donors (Lipinski definition) is 0. The van der Waals surface area contributed by atoms with Crippen molar-refractivity contribution in [1.82, 2.24) is 9.13 Å². The number of benzene rings is 7. The lowest BCUT2D eigenvalue weighted by Crippen LogP contribution is -2.57. The summed E-state index contributed by atoms with van der Waals surface area (Å²) in [6.07, 6.45) is 0. The fourth-order valence-electron chi connectivity index (χ4n) is 8.51. The van der Waals surface area contributed by atoms with Gasteiger partial charge in [0.15, 0.2) is 0 Å². The second kappa shape index (κ2) is 10.9. The van der Waals surface area contributed by atoms with Crippen molar-refractivity contribution < 1.29 is 4.42 Å². The minimum absolute atomic E-state index is 0.0997. The number of rotatable bonds is 4. The zero-order valence-corrected chi connectivity index (χ0v) is 27.6. The Labute approximate surface area is 295 Å². The number of aromatic nitrogens is 2. The van der Waals surface area contributed by atoms with Crippen molar-refractivity contribution in [2.75, 3.05) is 4.90 Å². The van der Waals surface area contributed by atoms with Crippen molar-refractivity contribution in [1.29, 1.82) is 0 Å². The highest BCUT2D eigenvalue weighted by atomic mass is 16.3. The first-order chi connectivity index (χ1) is 25.3. The van der Waals surface area contributed by atoms with Crippen molar-refractivity contribution in [3.8, 4) is 11.4 Å². The molecule has 0 amide bonds. The van der Waals surface area contributed by atoms with Crippen molar-refractivity contribution in [3.05, 3.63) is 182 Å². The Bertz CT molecular complexity index is 2800. The summed E-state index contributed by atoms with van der Waals surface area (Å²) in [5.41, 5.74) is 11.2. The molecule has 0 saturated heterocycles. The van der Waals surface area contributed by atoms with Crippen LogP contribution in [0.25, 0.3) is 55.1 Å². The monoisotopic (exact) mass is 651 g/mol. The first kappa shape index (κ1) is 28.2. The maximum absolute atomic E-state index is 6.55. The molecule has 11 rings (SSSR count). The predicted octanol–water partition coefficient (Wildman–Crippen LogP) is 9.77. The summed E-state index contributed by atoms with van der Waals surface area (Å²) in [5, 5.41) is 4.74. The van der Waals surface area contributed by atoms with Crippen LogP contribution in [0.2, 0.25) is 0 Å². The maximum atomic E-state index is 6.55. The molecular weight excluding hydrogens is 621 g/mol. The van der Waals surface area contributed by atoms with E-state index in [1.807, 2.05) is 6.07 Å². The molecule has 7 aromatic carbocycles. The average Bonchev–Trinajstić information content (AvgIpc) is 3.86. The molecule has 51 heavy (non-hydrogen) atoms. The molecular formula is C46H30BN3O. The summed E-state index contributed by atoms with van der Waals surface area (Å²) < 4.78 is 11.5. The molecule has 1 aliphatic heterocycles. The van der Waals surface area contributed by atoms with E-state index in [0.717, 1.165) is 50.6 Å². The van der Waals surface area contributed by atoms with Gasteiger partial charge in [0.2, 0.25) is 0 Å². The van der Waals surface area contributed by atoms with Crippen LogP contribution in [0, 0.1) is 0 Å². The van der Waals surface area contributed by atoms with Crippen LogP contribution in [0.15, 0.2) is 186 Å². The molecule has 5 heteroatoms. The Balaban J connectivity index is 1.35. The van der Waals surface area contributed by atoms with Gasteiger partial charge >= 0.3 is 0 Å². The summed E-state index contributed by atoms with van der Waals surface area (Å²) in [7, 11) is 0. The number of fused-ring (bicyclic) bond motifs is 9. The zero-order valence-electron chi connectivity index (χ0n) is 27.6. The lowest BCUT2D eigenvalue weighted by Gasteiger charge is -2.36. The van der Waals surface area contributed by atoms with Crippen LogP contribution >= 0.6 is 0 Å². The summed E-state index contributed by atoms with van der Waals surface area (Å²) in [4.78, 5) is 2.50. The van der Waals surface area contributed by atoms with Gasteiger partial charge in [0.05, 0.1) is 11.0 Å². The molecule has 10 aromatic rings. The largest absolute Gasteiger partial charge is 0.456 e. The molecule has 0 bridgehead atoms. The third-order valence-corrected chi connectivity index (χ3v) is 10.6. The van der Waals surface area contributed by atoms with Gasteiger partial charge in [-0.15, -0.1) is 0 Å². The van der Waals surface area contributed by atoms with E-state index in [1.54, 1.807) is 0 Å². The highest BCUT2D eigenvalue weighted by Gasteiger charge is 2.44. The number of hydrogen-bond acceptors (Lipinski definition) is 2. The van der Waals surface area contributed by atoms with Crippen molar-refractivity contribution >= 4 is 84.2 Å². The lowest BCUT2D eigenvalue weighted by atomic mass is 9.35. The summed E-state index contributed by atoms with van der Waals surface area (Å²) in [5.74, 6) is 2.27. The fourth-order valence-corrected chi connectivity index (χ4v) is 8.51. The van der Waals surface area contributed by atoms with Crippen LogP contribution < -0.4 is 21.3 Å². The SMILES string of the molecule is c1ccc(N2c3c(c4ccccc4n3-c3ccccc3)B(c3ccc4c(c3)oc3ccccc34)c3c2n(-c2ccccc2)c2ccccc32)cc1. The molecule has 1 aliphatic rings. The zero-order chi connectivity index (χ0) is 33.5. The maximum Gasteiger partial charge on any atom is 0.252 e. The van der Waals surface area contributed by atoms with Gasteiger partial charge in [-0.25, -0.2) is 0 Å². The van der Waals surface area contributed by atoms with Gasteiger partial charge in [-0.3, -0.25) is 14.0 Å². The highest BCUT2D eigenvalue weighted by molar-refractivity contribution is 7.00. The molecule has 0 fully saturated rings. The molecule has 0 N–H and O–H groups in total. The van der Waals surface area contributed by atoms with Gasteiger partial charge in [-0.2, -0.15) is 0 Å². The van der Waals surface area contributed by atoms with E-state index in [2.05, 4.69) is 190 Å². The van der Waals surface area contributed by atoms with Crippen LogP contribution in [-0.4, -0.2) is 15.8 Å². The number of anilines is 3. The molecule has 0 saturated carbocycles. The normalized spacial score (nSPS) is 12.6. The Morgan fingerprint density at radius 3 is 1.39 bits per heavy atom. The van der Waals surface area contributed by atoms with Crippen LogP contribution in [0.4, 0.5) is 17.3 Å². The minimum atomic E-state index is -0.0997. The third kappa shape index (κ3) is 4.03. The topological polar surface area (TPSA) is 26.2 Å². The molecule has 4 nitrogen and oxygen atoms in total. The smallest absolute Gasteiger partial charge is 0.252 e. The van der Waals surface area contributed by atoms with E-state index < -0.39 is 0 Å². The Morgan fingerprint density at radius 1 is 0.373 bits per heavy atom. The Kier molecular flexibility index (Phi) is 6.01. The standard InChI is InChI=1S/C46H30BN3O/c1-4-16-32(17-5-1)48-39-25-13-10-23-37(39)43-45(48)50(34-20-8-3-9-21-34)46-44(38-24-11-14-26-40(38)49(46)33-18-6-2-7-19-33)47(43)31-28-29-36-35-22-12-15-27-41(35)51-42(36)30-31/h1-30H. The number of furan rings is 1. The van der Waals surface area contributed by atoms with E-state index in [0.29, 0.717) is 0 Å². The highest BCUT2D eigenvalue weighted by Crippen LogP contribution is 2.44. The van der Waals surface area contributed by atoms with Crippen LogP contribution in [0.1, 0.15) is 0 Å². The summed E-state index contributed by atoms with van der Waals surface area (Å²) >= 11 is 0. The first-order valence-corrected chi connectivity index (χ1v) is 17.5. The van der Waals surface area contributed by atoms with Gasteiger partial charge in [0, 0.05) is 27.8 Å². The van der Waals surface area contributed by atoms with E-state index in [9.17, 15) is 0 Å². The van der Waals surface area contributed by atoms with Crippen molar-refractivity contribution in [2.24, 2.45) is 0 Å². The number of nitrogens with zero attached hydrogens (tertiary/aromatic N) is 3. The quantitative estimate of drug-likeness (QED) is 0.177. The van der Waals surface area contributed by atoms with Gasteiger partial charge < -0.3 is 4.42 Å². The molecule has 0 radical (unpaired) electrons. The molecule has 0 unspecified atom stereocenters. The predicted molar refractivity (Wildman–Crippen MR) is 213 cm³/mol. The molecule has 0 spiro atoms. The van der Waals surface area contributed by atoms with E-state index in [4.69, 9.17) is 4.42 Å². The minimum Gasteiger partial charge on any atom is -0.456 e. The van der Waals surface area contributed by atoms with E-state index >= 15 is 0 Å². The number of para-hydroxylation sites is 6. The van der Waals surface area contributed by atoms with Gasteiger partial charge in [-0.05, 0) is 82.4 Å². The molecule has 3 aromatic heterocycles. The molecule has 0 aliphatic carbocycles. The van der Waals surface area contributed by atoms with Crippen molar-refractivity contribution in [2.45, 2.75) is 0 Å². The van der Waals surface area contributed by atoms with Gasteiger partial charge in [-0.1, -0.05) is 127 Å². The second-order valence-electron chi connectivity index (χ2n) is 13.3. The summed E-state index contributed by atoms with van der Waals surface area (Å²) in [6.45, 7) is -0.0997. The Morgan fingerprint density at radius 2 is 0.824 bits per heavy atom. The Hall–Kier alpha value is -6.72. The average molecular weight is 652 g/mol. The third-order valence-electron chi connectivity index (χ3n) is 10.6. The van der Waals surface area contributed by atoms with Gasteiger partial charge in [0.1, 0.15) is 22.8 Å². The van der Waals surface area contributed by atoms with Crippen LogP contribution in [0.3, 0.4) is 0 Å². The first-order valence-electron chi connectivity index (χ1n) is 17.5. The lowest BCUT2D eigenvalue weighted by molar-refractivity contribution is 0.669. The van der Waals surface area contributed by atoms with Gasteiger partial charge in [0.25, 0.3) is 6.71 Å². The van der Waals surface area contributed by atoms with Crippen LogP contribution in [-0.2, 0) is 0 Å². The molecule has 0 atom stereocenters. The van der Waals surface area contributed by atoms with E-state index in [1.165, 1.54) is 38.2 Å². The van der Waals surface area contributed by atoms with Crippen molar-refractivity contribution in [3.63, 3.8) is 0 Å². The molecule has 238 valence electrons. The summed E-state index contributed by atoms with van der Waals surface area (Å²) in [6, 6.07) is 65.4. The van der Waals surface area contributed by atoms with E-state index in [-0.39, 0.29) is 6.71 Å². The fraction of sp³-hybridized carbons (Fsp3) is 0.